The van der Waals surface area contributed by atoms with Crippen molar-refractivity contribution in [3.05, 3.63) is 0 Å². The van der Waals surface area contributed by atoms with Gasteiger partial charge in [0.05, 0.1) is 6.54 Å². The van der Waals surface area contributed by atoms with Crippen molar-refractivity contribution in [3.63, 3.8) is 0 Å². The van der Waals surface area contributed by atoms with E-state index in [1.54, 1.807) is 0 Å². The number of nitrogens with two attached hydrogens (primary N) is 1. The van der Waals surface area contributed by atoms with Gasteiger partial charge in [-0.05, 0) is 25.7 Å². The van der Waals surface area contributed by atoms with Gasteiger partial charge in [0.25, 0.3) is 0 Å². The molecule has 0 bridgehead atoms. The Morgan fingerprint density at radius 1 is 1.27 bits per heavy atom. The van der Waals surface area contributed by atoms with Crippen LogP contribution in [0.3, 0.4) is 0 Å². The molecule has 1 aliphatic rings. The Balaban J connectivity index is 0. The summed E-state index contributed by atoms with van der Waals surface area (Å²) in [6.45, 7) is 1.53. The van der Waals surface area contributed by atoms with E-state index in [-0.39, 0.29) is 31.0 Å². The van der Waals surface area contributed by atoms with Gasteiger partial charge >= 0.3 is 29.6 Å². The standard InChI is InChI=1S/C8H16N2.Na.H/c9-6-7-10-8-4-2-1-3-5-8;;/h1-7,9H2;;/q;+1;-1. The summed E-state index contributed by atoms with van der Waals surface area (Å²) >= 11 is 0. The third-order valence-electron chi connectivity index (χ3n) is 1.90. The third-order valence-corrected chi connectivity index (χ3v) is 1.90. The van der Waals surface area contributed by atoms with Gasteiger partial charge in [0.1, 0.15) is 0 Å². The Morgan fingerprint density at radius 3 is 2.45 bits per heavy atom. The fourth-order valence-electron chi connectivity index (χ4n) is 1.34. The zero-order valence-electron chi connectivity index (χ0n) is 8.47. The first-order valence-electron chi connectivity index (χ1n) is 4.16. The molecule has 0 atom stereocenters. The maximum absolute atomic E-state index is 5.34. The summed E-state index contributed by atoms with van der Waals surface area (Å²) < 4.78 is 0. The molecule has 11 heavy (non-hydrogen) atoms. The number of nitrogens with zero attached hydrogens (tertiary/aromatic N) is 1. The van der Waals surface area contributed by atoms with Crippen LogP contribution in [-0.4, -0.2) is 18.8 Å². The van der Waals surface area contributed by atoms with Crippen molar-refractivity contribution in [2.24, 2.45) is 10.7 Å². The monoisotopic (exact) mass is 164 g/mol. The molecule has 60 valence electrons. The van der Waals surface area contributed by atoms with Crippen LogP contribution in [0.2, 0.25) is 0 Å². The van der Waals surface area contributed by atoms with Gasteiger partial charge in [-0.25, -0.2) is 0 Å². The molecule has 1 fully saturated rings. The quantitative estimate of drug-likeness (QED) is 0.494. The summed E-state index contributed by atoms with van der Waals surface area (Å²) in [5.74, 6) is 0. The molecule has 2 nitrogen and oxygen atoms in total. The molecule has 0 saturated heterocycles. The summed E-state index contributed by atoms with van der Waals surface area (Å²) in [6, 6.07) is 0. The Kier molecular flexibility index (Phi) is 7.71. The smallest absolute Gasteiger partial charge is 1.00 e. The molecule has 0 spiro atoms. The van der Waals surface area contributed by atoms with Crippen LogP contribution >= 0.6 is 0 Å². The van der Waals surface area contributed by atoms with Crippen LogP contribution in [0.1, 0.15) is 33.5 Å². The molecule has 0 radical (unpaired) electrons. The van der Waals surface area contributed by atoms with E-state index in [4.69, 9.17) is 5.73 Å². The van der Waals surface area contributed by atoms with E-state index < -0.39 is 0 Å². The molecule has 0 heterocycles. The predicted molar refractivity (Wildman–Crippen MR) is 45.6 cm³/mol. The molecular weight excluding hydrogens is 147 g/mol. The van der Waals surface area contributed by atoms with Gasteiger partial charge in [0.2, 0.25) is 0 Å². The van der Waals surface area contributed by atoms with E-state index in [9.17, 15) is 0 Å². The van der Waals surface area contributed by atoms with Gasteiger partial charge in [-0.2, -0.15) is 0 Å². The summed E-state index contributed by atoms with van der Waals surface area (Å²) in [5, 5.41) is 0. The van der Waals surface area contributed by atoms with Gasteiger partial charge in [0.15, 0.2) is 0 Å². The first-order chi connectivity index (χ1) is 4.93. The molecule has 0 aromatic heterocycles. The molecular formula is C8H17N2Na. The van der Waals surface area contributed by atoms with Crippen LogP contribution in [0.15, 0.2) is 4.99 Å². The molecule has 1 saturated carbocycles. The topological polar surface area (TPSA) is 38.4 Å². The molecule has 0 aliphatic heterocycles. The van der Waals surface area contributed by atoms with Crippen molar-refractivity contribution in [1.29, 1.82) is 0 Å². The van der Waals surface area contributed by atoms with Crippen molar-refractivity contribution in [3.8, 4) is 0 Å². The molecule has 0 aromatic carbocycles. The van der Waals surface area contributed by atoms with E-state index >= 15 is 0 Å². The van der Waals surface area contributed by atoms with Crippen molar-refractivity contribution < 1.29 is 31.0 Å². The predicted octanol–water partition coefficient (Wildman–Crippen LogP) is -1.53. The van der Waals surface area contributed by atoms with Crippen molar-refractivity contribution in [2.45, 2.75) is 32.1 Å². The zero-order chi connectivity index (χ0) is 7.23. The van der Waals surface area contributed by atoms with Gasteiger partial charge in [-0.15, -0.1) is 0 Å². The third kappa shape index (κ3) is 4.96. The molecule has 2 N–H and O–H groups in total. The first-order valence-corrected chi connectivity index (χ1v) is 4.16. The fraction of sp³-hybridized carbons (Fsp3) is 0.875. The summed E-state index contributed by atoms with van der Waals surface area (Å²) in [4.78, 5) is 4.39. The van der Waals surface area contributed by atoms with E-state index in [1.165, 1.54) is 37.8 Å². The summed E-state index contributed by atoms with van der Waals surface area (Å²) in [7, 11) is 0. The number of hydrogen-bond donors (Lipinski definition) is 1. The van der Waals surface area contributed by atoms with E-state index in [0.29, 0.717) is 6.54 Å². The average molecular weight is 164 g/mol. The maximum Gasteiger partial charge on any atom is 1.00 e. The molecule has 1 rings (SSSR count). The zero-order valence-corrected chi connectivity index (χ0v) is 9.47. The second-order valence-electron chi connectivity index (χ2n) is 2.80. The van der Waals surface area contributed by atoms with E-state index in [0.717, 1.165) is 6.54 Å². The molecule has 0 amide bonds. The Morgan fingerprint density at radius 2 is 1.91 bits per heavy atom. The number of aliphatic imine (C=N–C) groups is 1. The Labute approximate surface area is 92.4 Å². The molecule has 1 aliphatic carbocycles. The minimum atomic E-state index is 0. The Bertz CT molecular complexity index is 120. The van der Waals surface area contributed by atoms with Crippen LogP contribution in [-0.2, 0) is 0 Å². The minimum Gasteiger partial charge on any atom is -1.00 e. The van der Waals surface area contributed by atoms with Crippen LogP contribution < -0.4 is 35.3 Å². The maximum atomic E-state index is 5.34. The molecule has 0 unspecified atom stereocenters. The summed E-state index contributed by atoms with van der Waals surface area (Å²) in [6.07, 6.45) is 6.51. The van der Waals surface area contributed by atoms with Gasteiger partial charge in [-0.3, -0.25) is 4.99 Å². The normalized spacial score (nSPS) is 17.4. The second-order valence-corrected chi connectivity index (χ2v) is 2.80. The SMILES string of the molecule is NCCN=C1CCCCC1.[H-].[Na+]. The largest absolute Gasteiger partial charge is 1.00 e. The van der Waals surface area contributed by atoms with Crippen LogP contribution in [0.25, 0.3) is 0 Å². The summed E-state index contributed by atoms with van der Waals surface area (Å²) in [5.41, 5.74) is 6.74. The number of rotatable bonds is 2. The van der Waals surface area contributed by atoms with Crippen LogP contribution in [0, 0.1) is 0 Å². The van der Waals surface area contributed by atoms with Crippen molar-refractivity contribution in [1.82, 2.24) is 0 Å². The van der Waals surface area contributed by atoms with Gasteiger partial charge in [0, 0.05) is 12.3 Å². The van der Waals surface area contributed by atoms with Crippen LogP contribution in [0.5, 0.6) is 0 Å². The van der Waals surface area contributed by atoms with Crippen molar-refractivity contribution in [2.75, 3.05) is 13.1 Å². The van der Waals surface area contributed by atoms with Gasteiger partial charge in [-0.1, -0.05) is 6.42 Å². The second kappa shape index (κ2) is 7.29. The van der Waals surface area contributed by atoms with Gasteiger partial charge < -0.3 is 7.16 Å². The average Bonchev–Trinajstić information content (AvgIpc) is 2.03. The fourth-order valence-corrected chi connectivity index (χ4v) is 1.34. The number of hydrogen-bond acceptors (Lipinski definition) is 2. The van der Waals surface area contributed by atoms with E-state index in [1.807, 2.05) is 0 Å². The molecule has 0 aromatic rings. The van der Waals surface area contributed by atoms with Crippen LogP contribution in [0.4, 0.5) is 0 Å². The minimum absolute atomic E-state index is 0. The first kappa shape index (κ1) is 11.6. The Hall–Kier alpha value is 0.630. The van der Waals surface area contributed by atoms with Crippen molar-refractivity contribution >= 4 is 5.71 Å². The van der Waals surface area contributed by atoms with E-state index in [2.05, 4.69) is 4.99 Å². The molecule has 3 heteroatoms.